The third-order valence-electron chi connectivity index (χ3n) is 2.98. The van der Waals surface area contributed by atoms with E-state index in [2.05, 4.69) is 38.8 Å². The molecule has 2 aliphatic rings. The molecule has 1 heterocycles. The van der Waals surface area contributed by atoms with E-state index in [1.807, 2.05) is 0 Å². The van der Waals surface area contributed by atoms with Crippen LogP contribution in [0.5, 0.6) is 0 Å². The summed E-state index contributed by atoms with van der Waals surface area (Å²) in [6, 6.07) is 0. The second-order valence-electron chi connectivity index (χ2n) is 4.25. The summed E-state index contributed by atoms with van der Waals surface area (Å²) < 4.78 is 11.4. The van der Waals surface area contributed by atoms with Gasteiger partial charge in [-0.3, -0.25) is 0 Å². The summed E-state index contributed by atoms with van der Waals surface area (Å²) in [6.07, 6.45) is 3.88. The Morgan fingerprint density at radius 2 is 1.93 bits per heavy atom. The lowest BCUT2D eigenvalue weighted by Crippen LogP contribution is -2.32. The topological polar surface area (TPSA) is 18.5 Å². The van der Waals surface area contributed by atoms with Gasteiger partial charge in [-0.15, -0.1) is 0 Å². The van der Waals surface area contributed by atoms with Gasteiger partial charge in [-0.25, -0.2) is 0 Å². The highest BCUT2D eigenvalue weighted by atomic mass is 79.9. The van der Waals surface area contributed by atoms with E-state index < -0.39 is 0 Å². The number of ether oxygens (including phenoxy) is 2. The Bertz CT molecular complexity index is 201. The Labute approximate surface area is 102 Å². The van der Waals surface area contributed by atoms with Gasteiger partial charge in [0.1, 0.15) is 0 Å². The van der Waals surface area contributed by atoms with Crippen LogP contribution in [-0.4, -0.2) is 28.7 Å². The molecule has 1 aliphatic heterocycles. The number of rotatable bonds is 1. The molecule has 2 nitrogen and oxygen atoms in total. The Kier molecular flexibility index (Phi) is 3.91. The lowest BCUT2D eigenvalue weighted by atomic mass is 9.88. The van der Waals surface area contributed by atoms with Crippen LogP contribution >= 0.6 is 31.9 Å². The monoisotopic (exact) mass is 326 g/mol. The molecule has 5 unspecified atom stereocenters. The molecule has 0 spiro atoms. The van der Waals surface area contributed by atoms with Crippen molar-refractivity contribution in [3.05, 3.63) is 0 Å². The molecule has 2 fully saturated rings. The number of hydrogen-bond donors (Lipinski definition) is 0. The maximum atomic E-state index is 5.73. The second kappa shape index (κ2) is 4.81. The van der Waals surface area contributed by atoms with Crippen LogP contribution in [-0.2, 0) is 9.47 Å². The molecule has 1 aliphatic carbocycles. The summed E-state index contributed by atoms with van der Waals surface area (Å²) in [5.74, 6) is 0.568. The van der Waals surface area contributed by atoms with E-state index in [0.717, 1.165) is 13.0 Å². The fourth-order valence-electron chi connectivity index (χ4n) is 2.14. The molecule has 0 aromatic rings. The van der Waals surface area contributed by atoms with E-state index in [1.54, 1.807) is 0 Å². The summed E-state index contributed by atoms with van der Waals surface area (Å²) >= 11 is 7.37. The Morgan fingerprint density at radius 1 is 1.14 bits per heavy atom. The third kappa shape index (κ3) is 2.52. The summed E-state index contributed by atoms with van der Waals surface area (Å²) in [5.41, 5.74) is 0. The second-order valence-corrected chi connectivity index (χ2v) is 6.61. The van der Waals surface area contributed by atoms with Gasteiger partial charge in [0.25, 0.3) is 0 Å². The molecular weight excluding hydrogens is 312 g/mol. The minimum Gasteiger partial charge on any atom is -0.350 e. The van der Waals surface area contributed by atoms with Gasteiger partial charge < -0.3 is 9.47 Å². The predicted octanol–water partition coefficient (Wildman–Crippen LogP) is 3.07. The number of hydrogen-bond acceptors (Lipinski definition) is 2. The molecule has 2 rings (SSSR count). The van der Waals surface area contributed by atoms with Crippen LogP contribution in [0.4, 0.5) is 0 Å². The van der Waals surface area contributed by atoms with Gasteiger partial charge in [0, 0.05) is 15.6 Å². The van der Waals surface area contributed by atoms with Crippen LogP contribution in [0.25, 0.3) is 0 Å². The fraction of sp³-hybridized carbons (Fsp3) is 1.00. The Balaban J connectivity index is 1.87. The van der Waals surface area contributed by atoms with E-state index in [0.29, 0.717) is 15.6 Å². The molecule has 1 saturated carbocycles. The molecule has 0 amide bonds. The maximum absolute atomic E-state index is 5.73. The van der Waals surface area contributed by atoms with Gasteiger partial charge >= 0.3 is 0 Å². The van der Waals surface area contributed by atoms with E-state index >= 15 is 0 Å². The first kappa shape index (κ1) is 11.4. The zero-order chi connectivity index (χ0) is 10.1. The average molecular weight is 328 g/mol. The van der Waals surface area contributed by atoms with Gasteiger partial charge in [0.2, 0.25) is 0 Å². The zero-order valence-corrected chi connectivity index (χ0v) is 11.5. The van der Waals surface area contributed by atoms with Crippen LogP contribution in [0.15, 0.2) is 0 Å². The van der Waals surface area contributed by atoms with Crippen molar-refractivity contribution in [2.45, 2.75) is 48.2 Å². The molecule has 4 heteroatoms. The van der Waals surface area contributed by atoms with Crippen LogP contribution in [0, 0.1) is 5.92 Å². The normalized spacial score (nSPS) is 49.5. The van der Waals surface area contributed by atoms with E-state index in [1.165, 1.54) is 12.8 Å². The fourth-order valence-corrected chi connectivity index (χ4v) is 3.37. The zero-order valence-electron chi connectivity index (χ0n) is 8.29. The van der Waals surface area contributed by atoms with Gasteiger partial charge in [0.15, 0.2) is 6.29 Å². The first-order valence-corrected chi connectivity index (χ1v) is 7.05. The van der Waals surface area contributed by atoms with Crippen molar-refractivity contribution in [2.75, 3.05) is 6.61 Å². The van der Waals surface area contributed by atoms with Crippen molar-refractivity contribution in [3.63, 3.8) is 0 Å². The first-order chi connectivity index (χ1) is 6.66. The molecule has 14 heavy (non-hydrogen) atoms. The molecule has 0 aromatic carbocycles. The van der Waals surface area contributed by atoms with Crippen LogP contribution < -0.4 is 0 Å². The van der Waals surface area contributed by atoms with E-state index in [4.69, 9.17) is 9.47 Å². The first-order valence-electron chi connectivity index (χ1n) is 5.22. The van der Waals surface area contributed by atoms with Crippen molar-refractivity contribution in [1.82, 2.24) is 0 Å². The van der Waals surface area contributed by atoms with Crippen LogP contribution in [0.3, 0.4) is 0 Å². The quantitative estimate of drug-likeness (QED) is 0.689. The van der Waals surface area contributed by atoms with Crippen molar-refractivity contribution >= 4 is 31.9 Å². The summed E-state index contributed by atoms with van der Waals surface area (Å²) in [5, 5.41) is 0. The third-order valence-corrected chi connectivity index (χ3v) is 5.80. The molecule has 0 aromatic heterocycles. The van der Waals surface area contributed by atoms with E-state index in [-0.39, 0.29) is 12.4 Å². The predicted molar refractivity (Wildman–Crippen MR) is 63.1 cm³/mol. The summed E-state index contributed by atoms with van der Waals surface area (Å²) in [4.78, 5) is 1.17. The van der Waals surface area contributed by atoms with Gasteiger partial charge in [-0.05, 0) is 26.2 Å². The van der Waals surface area contributed by atoms with Crippen molar-refractivity contribution < 1.29 is 9.47 Å². The minimum atomic E-state index is 0.0463. The Morgan fingerprint density at radius 3 is 2.50 bits per heavy atom. The smallest absolute Gasteiger partial charge is 0.160 e. The molecule has 82 valence electrons. The van der Waals surface area contributed by atoms with Crippen molar-refractivity contribution in [3.8, 4) is 0 Å². The van der Waals surface area contributed by atoms with E-state index in [9.17, 15) is 0 Å². The highest BCUT2D eigenvalue weighted by molar-refractivity contribution is 9.12. The largest absolute Gasteiger partial charge is 0.350 e. The molecule has 5 atom stereocenters. The molecule has 1 saturated heterocycles. The van der Waals surface area contributed by atoms with Crippen molar-refractivity contribution in [1.29, 1.82) is 0 Å². The highest BCUT2D eigenvalue weighted by Gasteiger charge is 2.36. The molecule has 0 bridgehead atoms. The highest BCUT2D eigenvalue weighted by Crippen LogP contribution is 2.37. The lowest BCUT2D eigenvalue weighted by molar-refractivity contribution is -0.101. The molecule has 0 radical (unpaired) electrons. The van der Waals surface area contributed by atoms with Crippen LogP contribution in [0.2, 0.25) is 0 Å². The van der Waals surface area contributed by atoms with Gasteiger partial charge in [0.05, 0.1) is 12.7 Å². The maximum Gasteiger partial charge on any atom is 0.160 e. The van der Waals surface area contributed by atoms with Crippen molar-refractivity contribution in [2.24, 2.45) is 5.92 Å². The lowest BCUT2D eigenvalue weighted by Gasteiger charge is -2.32. The SMILES string of the molecule is CC1COC(C2CCC(Br)C(Br)C2)O1. The van der Waals surface area contributed by atoms with Gasteiger partial charge in [-0.2, -0.15) is 0 Å². The standard InChI is InChI=1S/C10H16Br2O2/c1-6-5-13-10(14-6)7-2-3-8(11)9(12)4-7/h6-10H,2-5H2,1H3. The van der Waals surface area contributed by atoms with Gasteiger partial charge in [-0.1, -0.05) is 31.9 Å². The Hall–Kier alpha value is 0.880. The summed E-state index contributed by atoms with van der Waals surface area (Å²) in [7, 11) is 0. The summed E-state index contributed by atoms with van der Waals surface area (Å²) in [6.45, 7) is 2.83. The minimum absolute atomic E-state index is 0.0463. The number of halogens is 2. The van der Waals surface area contributed by atoms with Crippen LogP contribution in [0.1, 0.15) is 26.2 Å². The molecule has 0 N–H and O–H groups in total. The number of alkyl halides is 2. The average Bonchev–Trinajstić information content (AvgIpc) is 2.57. The molecular formula is C10H16Br2O2.